The second-order valence-electron chi connectivity index (χ2n) is 4.53. The normalized spacial score (nSPS) is 17.8. The van der Waals surface area contributed by atoms with Gasteiger partial charge in [0.05, 0.1) is 17.9 Å². The molecule has 0 spiro atoms. The van der Waals surface area contributed by atoms with Crippen LogP contribution in [0.3, 0.4) is 0 Å². The van der Waals surface area contributed by atoms with E-state index in [4.69, 9.17) is 9.84 Å². The molecule has 1 fully saturated rings. The van der Waals surface area contributed by atoms with Crippen LogP contribution < -0.4 is 10.6 Å². The molecule has 1 atom stereocenters. The molecule has 7 heteroatoms. The fourth-order valence-corrected chi connectivity index (χ4v) is 1.97. The fourth-order valence-electron chi connectivity index (χ4n) is 1.97. The minimum Gasteiger partial charge on any atom is -0.478 e. The lowest BCUT2D eigenvalue weighted by Crippen LogP contribution is -2.34. The fraction of sp³-hybridized carbons (Fsp3) is 0.385. The summed E-state index contributed by atoms with van der Waals surface area (Å²) in [6.45, 7) is 1.66. The van der Waals surface area contributed by atoms with Crippen molar-refractivity contribution in [2.45, 2.75) is 6.42 Å². The van der Waals surface area contributed by atoms with E-state index in [1.807, 2.05) is 0 Å². The van der Waals surface area contributed by atoms with E-state index in [1.54, 1.807) is 0 Å². The molecule has 2 rings (SSSR count). The summed E-state index contributed by atoms with van der Waals surface area (Å²) in [6, 6.07) is 2.96. The standard InChI is InChI=1S/C13H15FN2O4/c14-10-3-1-2-9(12(17)18)11(10)16-13(19)15-6-8-4-5-20-7-8/h1-3,8H,4-7H2,(H,17,18)(H2,15,16,19). The number of carboxylic acid groups (broad SMARTS) is 1. The SMILES string of the molecule is O=C(NCC1CCOC1)Nc1c(F)cccc1C(=O)O. The topological polar surface area (TPSA) is 87.7 Å². The maximum absolute atomic E-state index is 13.6. The molecule has 6 nitrogen and oxygen atoms in total. The highest BCUT2D eigenvalue weighted by Gasteiger charge is 2.19. The molecule has 1 unspecified atom stereocenters. The van der Waals surface area contributed by atoms with Crippen LogP contribution in [0.2, 0.25) is 0 Å². The molecule has 3 N–H and O–H groups in total. The molecule has 1 heterocycles. The molecule has 1 aliphatic rings. The van der Waals surface area contributed by atoms with Crippen molar-refractivity contribution in [2.24, 2.45) is 5.92 Å². The van der Waals surface area contributed by atoms with Crippen molar-refractivity contribution in [1.29, 1.82) is 0 Å². The Morgan fingerprint density at radius 2 is 2.25 bits per heavy atom. The maximum atomic E-state index is 13.6. The monoisotopic (exact) mass is 282 g/mol. The Hall–Kier alpha value is -2.15. The number of hydrogen-bond donors (Lipinski definition) is 3. The molecule has 0 bridgehead atoms. The first kappa shape index (κ1) is 14.3. The van der Waals surface area contributed by atoms with Crippen LogP contribution in [0.5, 0.6) is 0 Å². The third kappa shape index (κ3) is 3.45. The van der Waals surface area contributed by atoms with E-state index in [0.29, 0.717) is 19.8 Å². The summed E-state index contributed by atoms with van der Waals surface area (Å²) in [5.74, 6) is -1.85. The molecule has 108 valence electrons. The number of para-hydroxylation sites is 1. The predicted molar refractivity (Wildman–Crippen MR) is 69.3 cm³/mol. The first-order chi connectivity index (χ1) is 9.58. The smallest absolute Gasteiger partial charge is 0.337 e. The summed E-state index contributed by atoms with van der Waals surface area (Å²) < 4.78 is 18.8. The first-order valence-electron chi connectivity index (χ1n) is 6.22. The summed E-state index contributed by atoms with van der Waals surface area (Å²) in [6.07, 6.45) is 0.861. The molecule has 1 saturated heterocycles. The van der Waals surface area contributed by atoms with E-state index in [-0.39, 0.29) is 17.2 Å². The summed E-state index contributed by atoms with van der Waals surface area (Å²) in [7, 11) is 0. The van der Waals surface area contributed by atoms with Gasteiger partial charge in [0, 0.05) is 19.1 Å². The van der Waals surface area contributed by atoms with Crippen molar-refractivity contribution in [3.05, 3.63) is 29.6 Å². The number of anilines is 1. The molecule has 20 heavy (non-hydrogen) atoms. The number of carboxylic acids is 1. The van der Waals surface area contributed by atoms with Gasteiger partial charge in [-0.15, -0.1) is 0 Å². The van der Waals surface area contributed by atoms with Gasteiger partial charge in [-0.3, -0.25) is 0 Å². The predicted octanol–water partition coefficient (Wildman–Crippen LogP) is 1.68. The zero-order valence-electron chi connectivity index (χ0n) is 10.7. The Balaban J connectivity index is 1.98. The van der Waals surface area contributed by atoms with Gasteiger partial charge < -0.3 is 20.5 Å². The molecular weight excluding hydrogens is 267 g/mol. The number of urea groups is 1. The van der Waals surface area contributed by atoms with Crippen LogP contribution >= 0.6 is 0 Å². The number of carbonyl (C=O) groups is 2. The number of amides is 2. The lowest BCUT2D eigenvalue weighted by Gasteiger charge is -2.12. The Bertz CT molecular complexity index is 515. The van der Waals surface area contributed by atoms with E-state index in [1.165, 1.54) is 12.1 Å². The molecule has 1 aromatic carbocycles. The van der Waals surface area contributed by atoms with E-state index in [0.717, 1.165) is 12.5 Å². The molecule has 1 aliphatic heterocycles. The second kappa shape index (κ2) is 6.33. The summed E-state index contributed by atoms with van der Waals surface area (Å²) in [5, 5.41) is 13.8. The third-order valence-corrected chi connectivity index (χ3v) is 3.06. The number of rotatable bonds is 4. The van der Waals surface area contributed by atoms with Crippen molar-refractivity contribution in [1.82, 2.24) is 5.32 Å². The van der Waals surface area contributed by atoms with Gasteiger partial charge in [0.15, 0.2) is 0 Å². The van der Waals surface area contributed by atoms with Crippen molar-refractivity contribution >= 4 is 17.7 Å². The maximum Gasteiger partial charge on any atom is 0.337 e. The van der Waals surface area contributed by atoms with Crippen molar-refractivity contribution in [3.63, 3.8) is 0 Å². The highest BCUT2D eigenvalue weighted by Crippen LogP contribution is 2.19. The van der Waals surface area contributed by atoms with Crippen LogP contribution in [0.25, 0.3) is 0 Å². The van der Waals surface area contributed by atoms with E-state index in [2.05, 4.69) is 10.6 Å². The van der Waals surface area contributed by atoms with Crippen LogP contribution in [0.15, 0.2) is 18.2 Å². The molecule has 0 radical (unpaired) electrons. The minimum absolute atomic E-state index is 0.236. The Labute approximate surface area is 114 Å². The summed E-state index contributed by atoms with van der Waals surface area (Å²) >= 11 is 0. The highest BCUT2D eigenvalue weighted by molar-refractivity contribution is 6.00. The molecule has 2 amide bonds. The van der Waals surface area contributed by atoms with Gasteiger partial charge in [0.2, 0.25) is 0 Å². The van der Waals surface area contributed by atoms with E-state index in [9.17, 15) is 14.0 Å². The van der Waals surface area contributed by atoms with Crippen LogP contribution in [-0.4, -0.2) is 36.9 Å². The number of ether oxygens (including phenoxy) is 1. The van der Waals surface area contributed by atoms with Gasteiger partial charge in [0.1, 0.15) is 5.82 Å². The van der Waals surface area contributed by atoms with Crippen molar-refractivity contribution in [3.8, 4) is 0 Å². The van der Waals surface area contributed by atoms with Gasteiger partial charge in [0.25, 0.3) is 0 Å². The number of halogens is 1. The highest BCUT2D eigenvalue weighted by atomic mass is 19.1. The quantitative estimate of drug-likeness (QED) is 0.784. The van der Waals surface area contributed by atoms with Gasteiger partial charge >= 0.3 is 12.0 Å². The molecule has 0 saturated carbocycles. The van der Waals surface area contributed by atoms with Gasteiger partial charge in [-0.25, -0.2) is 14.0 Å². The number of nitrogens with one attached hydrogen (secondary N) is 2. The van der Waals surface area contributed by atoms with E-state index < -0.39 is 17.8 Å². The van der Waals surface area contributed by atoms with E-state index >= 15 is 0 Å². The van der Waals surface area contributed by atoms with Crippen molar-refractivity contribution < 1.29 is 23.8 Å². The number of carbonyl (C=O) groups excluding carboxylic acids is 1. The molecule has 0 aromatic heterocycles. The number of benzene rings is 1. The Kier molecular flexibility index (Phi) is 4.52. The molecule has 1 aromatic rings. The zero-order valence-corrected chi connectivity index (χ0v) is 10.7. The molecule has 0 aliphatic carbocycles. The van der Waals surface area contributed by atoms with Crippen LogP contribution in [0.1, 0.15) is 16.8 Å². The van der Waals surface area contributed by atoms with Gasteiger partial charge in [-0.05, 0) is 18.6 Å². The molecular formula is C13H15FN2O4. The lowest BCUT2D eigenvalue weighted by atomic mass is 10.1. The first-order valence-corrected chi connectivity index (χ1v) is 6.22. The minimum atomic E-state index is -1.30. The average molecular weight is 282 g/mol. The average Bonchev–Trinajstić information content (AvgIpc) is 2.91. The van der Waals surface area contributed by atoms with Crippen molar-refractivity contribution in [2.75, 3.05) is 25.1 Å². The zero-order chi connectivity index (χ0) is 14.5. The van der Waals surface area contributed by atoms with Gasteiger partial charge in [-0.1, -0.05) is 6.07 Å². The van der Waals surface area contributed by atoms with Crippen LogP contribution in [0.4, 0.5) is 14.9 Å². The Morgan fingerprint density at radius 3 is 2.90 bits per heavy atom. The summed E-state index contributed by atoms with van der Waals surface area (Å²) in [4.78, 5) is 22.6. The van der Waals surface area contributed by atoms with Crippen LogP contribution in [-0.2, 0) is 4.74 Å². The third-order valence-electron chi connectivity index (χ3n) is 3.06. The number of aromatic carboxylic acids is 1. The van der Waals surface area contributed by atoms with Gasteiger partial charge in [-0.2, -0.15) is 0 Å². The lowest BCUT2D eigenvalue weighted by molar-refractivity contribution is 0.0697. The Morgan fingerprint density at radius 1 is 1.45 bits per heavy atom. The largest absolute Gasteiger partial charge is 0.478 e. The summed E-state index contributed by atoms with van der Waals surface area (Å²) in [5.41, 5.74) is -0.621. The number of hydrogen-bond acceptors (Lipinski definition) is 3. The van der Waals surface area contributed by atoms with Crippen LogP contribution in [0, 0.1) is 11.7 Å². The second-order valence-corrected chi connectivity index (χ2v) is 4.53.